The first-order valence-electron chi connectivity index (χ1n) is 23.3. The second kappa shape index (κ2) is 24.3. The number of ether oxygens (including phenoxy) is 1. The van der Waals surface area contributed by atoms with Gasteiger partial charge in [-0.05, 0) is 31.0 Å². The first-order valence-corrected chi connectivity index (χ1v) is 28.4. The van der Waals surface area contributed by atoms with E-state index in [1.54, 1.807) is 70.9 Å². The number of benzene rings is 1. The van der Waals surface area contributed by atoms with Crippen LogP contribution in [0.4, 0.5) is 10.9 Å². The molecule has 24 nitrogen and oxygen atoms in total. The SMILES string of the molecule is CNC(=O)C[C@@H]1NC(=O)c2csc(n2)-c2ccc(-c3nc(NC(=O)CC[C@H](N)C(=O)O)cs3)nc2-c2csc(n2)-c2csc(n2)[C@H]([C@@H](O)c2ccccc2)NC(=O)CNC(=O)c2nc(sc2COC)NC(=O)c2nc1sc2C. The number of hydrogen-bond donors (Lipinski definition) is 9. The number of nitrogens with two attached hydrogens (primary N) is 1. The molecule has 0 radical (unpaired) electrons. The van der Waals surface area contributed by atoms with E-state index in [9.17, 15) is 38.7 Å². The third-order valence-electron chi connectivity index (χ3n) is 11.5. The molecule has 402 valence electrons. The molecule has 0 saturated carbocycles. The maximum atomic E-state index is 14.1. The van der Waals surface area contributed by atoms with Crippen molar-refractivity contribution in [1.29, 1.82) is 0 Å². The molecule has 1 aliphatic heterocycles. The van der Waals surface area contributed by atoms with E-state index < -0.39 is 72.2 Å². The predicted octanol–water partition coefficient (Wildman–Crippen LogP) is 5.57. The van der Waals surface area contributed by atoms with E-state index in [-0.39, 0.29) is 58.9 Å². The van der Waals surface area contributed by atoms with Crippen LogP contribution in [0, 0.1) is 6.92 Å². The van der Waals surface area contributed by atoms with E-state index in [1.165, 1.54) is 48.2 Å². The lowest BCUT2D eigenvalue weighted by molar-refractivity contribution is -0.138. The van der Waals surface area contributed by atoms with E-state index in [0.29, 0.717) is 63.7 Å². The fraction of sp³-hybridized carbons (Fsp3) is 0.250. The highest BCUT2D eigenvalue weighted by molar-refractivity contribution is 7.16. The minimum absolute atomic E-state index is 0.000247. The standard InChI is InChI=1S/C48H44N14O10S6/c1-20-34-41(69)62-48-61-36(29(78-48)15-72-3)40(68)51-14-33(65)59-37(38(66)21-7-5-4-6-8-21)46-56-28(18-75-46)44-54-26(16-74-44)35-22(42-55-27(17-73-42)39(67)53-25(13-32(64)50-2)45(60-34)77-20)9-11-24(52-35)43-58-30(19-76-43)57-31(63)12-10-23(49)47(70)71/h4-9,11,16-19,23,25,37-38,66H,10,12-15,49H2,1-3H3,(H,50,64)(H,51,68)(H,53,67)(H,57,63)(H,59,65)(H,70,71)(H,61,62,69)/t23-,25-,37-,38-/m0/s1. The molecule has 1 aliphatic rings. The summed E-state index contributed by atoms with van der Waals surface area (Å²) in [6.45, 7) is 1.05. The number of carboxylic acids is 1. The number of methoxy groups -OCH3 is 1. The number of amides is 6. The van der Waals surface area contributed by atoms with Crippen LogP contribution in [0.15, 0.2) is 64.0 Å². The smallest absolute Gasteiger partial charge is 0.320 e. The molecule has 7 aromatic heterocycles. The van der Waals surface area contributed by atoms with Gasteiger partial charge in [-0.2, -0.15) is 0 Å². The Morgan fingerprint density at radius 1 is 0.756 bits per heavy atom. The van der Waals surface area contributed by atoms with Crippen LogP contribution in [0.2, 0.25) is 0 Å². The van der Waals surface area contributed by atoms with E-state index in [0.717, 1.165) is 34.0 Å². The maximum absolute atomic E-state index is 14.1. The zero-order valence-electron chi connectivity index (χ0n) is 41.0. The van der Waals surface area contributed by atoms with Crippen molar-refractivity contribution >= 4 is 120 Å². The normalized spacial score (nSPS) is 15.8. The van der Waals surface area contributed by atoms with E-state index in [4.69, 9.17) is 35.5 Å². The van der Waals surface area contributed by atoms with Crippen LogP contribution in [0.5, 0.6) is 0 Å². The number of aryl methyl sites for hydroxylation is 1. The molecule has 0 saturated heterocycles. The van der Waals surface area contributed by atoms with Crippen molar-refractivity contribution < 1.29 is 48.5 Å². The van der Waals surface area contributed by atoms with Gasteiger partial charge in [-0.25, -0.2) is 34.9 Å². The predicted molar refractivity (Wildman–Crippen MR) is 293 cm³/mol. The Labute approximate surface area is 466 Å². The summed E-state index contributed by atoms with van der Waals surface area (Å²) in [5.74, 6) is -4.65. The summed E-state index contributed by atoms with van der Waals surface area (Å²) in [6.07, 6.45) is -1.76. The summed E-state index contributed by atoms with van der Waals surface area (Å²) in [5, 5.41) is 45.6. The lowest BCUT2D eigenvalue weighted by atomic mass is 10.0. The van der Waals surface area contributed by atoms with Crippen molar-refractivity contribution in [2.24, 2.45) is 5.73 Å². The molecule has 10 bridgehead atoms. The van der Waals surface area contributed by atoms with Crippen molar-refractivity contribution in [3.8, 4) is 43.4 Å². The lowest BCUT2D eigenvalue weighted by Crippen LogP contribution is -2.40. The number of aromatic nitrogens is 7. The molecule has 4 atom stereocenters. The molecule has 1 aromatic carbocycles. The van der Waals surface area contributed by atoms with E-state index >= 15 is 0 Å². The van der Waals surface area contributed by atoms with Crippen LogP contribution in [0.3, 0.4) is 0 Å². The maximum Gasteiger partial charge on any atom is 0.320 e. The van der Waals surface area contributed by atoms with Crippen molar-refractivity contribution in [3.63, 3.8) is 0 Å². The van der Waals surface area contributed by atoms with Gasteiger partial charge in [-0.3, -0.25) is 38.9 Å². The highest BCUT2D eigenvalue weighted by Gasteiger charge is 2.31. The topological polar surface area (TPSA) is 358 Å². The van der Waals surface area contributed by atoms with Gasteiger partial charge in [0.25, 0.3) is 17.7 Å². The molecule has 6 amide bonds. The third-order valence-corrected chi connectivity index (χ3v) is 17.1. The molecule has 0 fully saturated rings. The first-order chi connectivity index (χ1) is 37.5. The van der Waals surface area contributed by atoms with Gasteiger partial charge < -0.3 is 47.3 Å². The first kappa shape index (κ1) is 55.1. The van der Waals surface area contributed by atoms with Crippen LogP contribution < -0.4 is 37.6 Å². The summed E-state index contributed by atoms with van der Waals surface area (Å²) in [5.41, 5.74) is 7.93. The molecule has 0 unspecified atom stereocenters. The molecule has 78 heavy (non-hydrogen) atoms. The number of carbonyl (C=O) groups excluding carboxylic acids is 6. The van der Waals surface area contributed by atoms with Gasteiger partial charge in [0.2, 0.25) is 17.7 Å². The van der Waals surface area contributed by atoms with Gasteiger partial charge in [-0.15, -0.1) is 56.7 Å². The Balaban J connectivity index is 1.10. The molecule has 30 heteroatoms. The zero-order chi connectivity index (χ0) is 55.2. The largest absolute Gasteiger partial charge is 0.480 e. The van der Waals surface area contributed by atoms with Crippen LogP contribution in [0.25, 0.3) is 43.4 Å². The molecule has 8 heterocycles. The number of aliphatic carboxylic acids is 1. The molecule has 8 aromatic rings. The average Bonchev–Trinajstić information content (AvgIpc) is 4.31. The molecule has 0 aliphatic carbocycles. The van der Waals surface area contributed by atoms with Crippen LogP contribution >= 0.6 is 68.0 Å². The van der Waals surface area contributed by atoms with Crippen molar-refractivity contribution in [3.05, 3.63) is 106 Å². The Bertz CT molecular complexity index is 3570. The van der Waals surface area contributed by atoms with Gasteiger partial charge >= 0.3 is 5.97 Å². The highest BCUT2D eigenvalue weighted by Crippen LogP contribution is 2.40. The van der Waals surface area contributed by atoms with Crippen molar-refractivity contribution in [2.75, 3.05) is 31.3 Å². The summed E-state index contributed by atoms with van der Waals surface area (Å²) in [6, 6.07) is 8.80. The quantitative estimate of drug-likeness (QED) is 0.0722. The Morgan fingerprint density at radius 3 is 2.26 bits per heavy atom. The summed E-state index contributed by atoms with van der Waals surface area (Å²) < 4.78 is 5.32. The number of anilines is 2. The molecule has 0 spiro atoms. The number of aliphatic hydroxyl groups is 1. The van der Waals surface area contributed by atoms with Gasteiger partial charge in [0, 0.05) is 52.5 Å². The highest BCUT2D eigenvalue weighted by atomic mass is 32.1. The van der Waals surface area contributed by atoms with E-state index in [2.05, 4.69) is 46.9 Å². The number of carboxylic acid groups (broad SMARTS) is 1. The Hall–Kier alpha value is -7.68. The fourth-order valence-corrected chi connectivity index (χ4v) is 12.8. The number of thiazole rings is 6. The lowest BCUT2D eigenvalue weighted by Gasteiger charge is -2.23. The van der Waals surface area contributed by atoms with Crippen LogP contribution in [-0.2, 0) is 30.5 Å². The van der Waals surface area contributed by atoms with Crippen LogP contribution in [0.1, 0.15) is 94.2 Å². The number of nitrogens with zero attached hydrogens (tertiary/aromatic N) is 7. The zero-order valence-corrected chi connectivity index (χ0v) is 45.9. The summed E-state index contributed by atoms with van der Waals surface area (Å²) in [4.78, 5) is 126. The van der Waals surface area contributed by atoms with Crippen molar-refractivity contribution in [1.82, 2.24) is 56.2 Å². The number of nitrogens with one attached hydrogen (secondary N) is 6. The number of aliphatic hydroxyl groups excluding tert-OH is 1. The Morgan fingerprint density at radius 2 is 1.49 bits per heavy atom. The van der Waals surface area contributed by atoms with E-state index in [1.807, 2.05) is 0 Å². The monoisotopic (exact) mass is 1170 g/mol. The molecule has 9 rings (SSSR count). The third kappa shape index (κ3) is 12.7. The molecule has 10 N–H and O–H groups in total. The summed E-state index contributed by atoms with van der Waals surface area (Å²) in [7, 11) is 2.87. The molecular formula is C48H44N14O10S6. The van der Waals surface area contributed by atoms with Gasteiger partial charge in [-0.1, -0.05) is 41.7 Å². The number of hydrogen-bond acceptors (Lipinski definition) is 23. The number of pyridine rings is 1. The minimum Gasteiger partial charge on any atom is -0.480 e. The second-order valence-electron chi connectivity index (χ2n) is 16.9. The van der Waals surface area contributed by atoms with Gasteiger partial charge in [0.05, 0.1) is 36.2 Å². The van der Waals surface area contributed by atoms with Crippen molar-refractivity contribution in [2.45, 2.75) is 57.0 Å². The number of carbonyl (C=O) groups is 7. The second-order valence-corrected chi connectivity index (χ2v) is 22.7. The Kier molecular flexibility index (Phi) is 17.2. The minimum atomic E-state index is -1.29. The average molecular weight is 1170 g/mol. The molecular weight excluding hydrogens is 1130 g/mol. The van der Waals surface area contributed by atoms with Crippen LogP contribution in [-0.4, -0.2) is 113 Å². The van der Waals surface area contributed by atoms with Gasteiger partial charge in [0.15, 0.2) is 5.13 Å². The summed E-state index contributed by atoms with van der Waals surface area (Å²) >= 11 is 6.81. The number of rotatable bonds is 12. The van der Waals surface area contributed by atoms with Gasteiger partial charge in [0.1, 0.15) is 83.2 Å². The number of fused-ring (bicyclic) bond motifs is 14. The fourth-order valence-electron chi connectivity index (χ4n) is 7.59.